The van der Waals surface area contributed by atoms with E-state index in [0.717, 1.165) is 31.4 Å². The Balaban J connectivity index is 2.80. The normalized spacial score (nSPS) is 12.2. The summed E-state index contributed by atoms with van der Waals surface area (Å²) in [5.41, 5.74) is -0.954. The van der Waals surface area contributed by atoms with Gasteiger partial charge in [-0.2, -0.15) is 13.2 Å². The maximum absolute atomic E-state index is 12.5. The summed E-state index contributed by atoms with van der Waals surface area (Å²) in [7, 11) is 2.29. The minimum atomic E-state index is -4.51. The highest BCUT2D eigenvalue weighted by Gasteiger charge is 2.30. The maximum Gasteiger partial charge on any atom is 0.416 e. The van der Waals surface area contributed by atoms with Gasteiger partial charge in [0.1, 0.15) is 6.04 Å². The maximum atomic E-state index is 12.5. The predicted molar refractivity (Wildman–Crippen MR) is 76.0 cm³/mol. The van der Waals surface area contributed by atoms with E-state index in [1.165, 1.54) is 7.11 Å². The van der Waals surface area contributed by atoms with Gasteiger partial charge in [0.15, 0.2) is 0 Å². The fourth-order valence-electron chi connectivity index (χ4n) is 1.81. The van der Waals surface area contributed by atoms with Gasteiger partial charge < -0.3 is 14.8 Å². The third-order valence-electron chi connectivity index (χ3n) is 3.13. The van der Waals surface area contributed by atoms with Crippen LogP contribution in [0.4, 0.5) is 13.2 Å². The lowest BCUT2D eigenvalue weighted by atomic mass is 10.1. The van der Waals surface area contributed by atoms with Gasteiger partial charge in [-0.1, -0.05) is 0 Å². The number of hydrogen-bond donors (Lipinski definition) is 1. The van der Waals surface area contributed by atoms with Crippen molar-refractivity contribution in [3.05, 3.63) is 35.4 Å². The Hall–Kier alpha value is -2.58. The minimum Gasteiger partial charge on any atom is -0.469 e. The molecule has 0 spiro atoms. The number of alkyl halides is 3. The second-order valence-corrected chi connectivity index (χ2v) is 4.74. The van der Waals surface area contributed by atoms with Crippen LogP contribution < -0.4 is 5.32 Å². The average Bonchev–Trinajstić information content (AvgIpc) is 2.56. The van der Waals surface area contributed by atoms with Crippen LogP contribution in [0.25, 0.3) is 0 Å². The molecule has 1 aromatic rings. The highest BCUT2D eigenvalue weighted by atomic mass is 19.4. The molecular formula is C15H16F3NO5. The summed E-state index contributed by atoms with van der Waals surface area (Å²) in [6.07, 6.45) is -4.71. The average molecular weight is 347 g/mol. The number of carbonyl (C=O) groups excluding carboxylic acids is 3. The molecule has 1 aromatic carbocycles. The van der Waals surface area contributed by atoms with Crippen molar-refractivity contribution in [2.45, 2.75) is 25.1 Å². The molecule has 0 aliphatic carbocycles. The van der Waals surface area contributed by atoms with Gasteiger partial charge in [0, 0.05) is 12.0 Å². The second kappa shape index (κ2) is 8.32. The largest absolute Gasteiger partial charge is 0.469 e. The molecule has 0 saturated heterocycles. The first-order chi connectivity index (χ1) is 11.2. The molecular weight excluding hydrogens is 331 g/mol. The zero-order chi connectivity index (χ0) is 18.3. The Kier molecular flexibility index (Phi) is 6.75. The van der Waals surface area contributed by atoms with Crippen LogP contribution in [0.2, 0.25) is 0 Å². The molecule has 0 fully saturated rings. The Bertz CT molecular complexity index is 598. The molecule has 0 radical (unpaired) electrons. The van der Waals surface area contributed by atoms with Crippen molar-refractivity contribution in [3.8, 4) is 0 Å². The summed E-state index contributed by atoms with van der Waals surface area (Å²) >= 11 is 0. The number of nitrogens with one attached hydrogen (secondary N) is 1. The van der Waals surface area contributed by atoms with Crippen LogP contribution in [0, 0.1) is 0 Å². The zero-order valence-electron chi connectivity index (χ0n) is 13.0. The van der Waals surface area contributed by atoms with Crippen molar-refractivity contribution in [1.29, 1.82) is 0 Å². The number of halogens is 3. The van der Waals surface area contributed by atoms with Crippen molar-refractivity contribution in [3.63, 3.8) is 0 Å². The van der Waals surface area contributed by atoms with Crippen LogP contribution in [0.1, 0.15) is 28.8 Å². The van der Waals surface area contributed by atoms with Gasteiger partial charge in [0.25, 0.3) is 5.91 Å². The van der Waals surface area contributed by atoms with Crippen LogP contribution >= 0.6 is 0 Å². The molecule has 1 rings (SSSR count). The predicted octanol–water partition coefficient (Wildman–Crippen LogP) is 1.93. The summed E-state index contributed by atoms with van der Waals surface area (Å²) in [6.45, 7) is 0. The number of ether oxygens (including phenoxy) is 2. The quantitative estimate of drug-likeness (QED) is 0.795. The third kappa shape index (κ3) is 5.56. The highest BCUT2D eigenvalue weighted by molar-refractivity contribution is 5.96. The van der Waals surface area contributed by atoms with E-state index in [2.05, 4.69) is 14.8 Å². The van der Waals surface area contributed by atoms with Gasteiger partial charge >= 0.3 is 18.1 Å². The number of methoxy groups -OCH3 is 2. The van der Waals surface area contributed by atoms with Crippen LogP contribution in [0.3, 0.4) is 0 Å². The van der Waals surface area contributed by atoms with Crippen LogP contribution in [-0.4, -0.2) is 38.1 Å². The van der Waals surface area contributed by atoms with E-state index in [0.29, 0.717) is 0 Å². The van der Waals surface area contributed by atoms with E-state index in [4.69, 9.17) is 0 Å². The Morgan fingerprint density at radius 2 is 1.67 bits per heavy atom. The fourth-order valence-corrected chi connectivity index (χ4v) is 1.81. The first kappa shape index (κ1) is 19.5. The van der Waals surface area contributed by atoms with E-state index in [-0.39, 0.29) is 18.4 Å². The SMILES string of the molecule is COC(=O)CC[C@H](NC(=O)c1ccc(C(F)(F)F)cc1)C(=O)OC. The number of amides is 1. The highest BCUT2D eigenvalue weighted by Crippen LogP contribution is 2.29. The molecule has 0 aromatic heterocycles. The molecule has 9 heteroatoms. The topological polar surface area (TPSA) is 81.7 Å². The summed E-state index contributed by atoms with van der Waals surface area (Å²) < 4.78 is 46.4. The van der Waals surface area contributed by atoms with Gasteiger partial charge in [0.05, 0.1) is 19.8 Å². The molecule has 1 amide bonds. The van der Waals surface area contributed by atoms with Gasteiger partial charge in [-0.15, -0.1) is 0 Å². The smallest absolute Gasteiger partial charge is 0.416 e. The lowest BCUT2D eigenvalue weighted by Crippen LogP contribution is -2.41. The standard InChI is InChI=1S/C15H16F3NO5/c1-23-12(20)8-7-11(14(22)24-2)19-13(21)9-3-5-10(6-4-9)15(16,17)18/h3-6,11H,7-8H2,1-2H3,(H,19,21)/t11-/m0/s1. The van der Waals surface area contributed by atoms with Crippen LogP contribution in [0.15, 0.2) is 24.3 Å². The van der Waals surface area contributed by atoms with Gasteiger partial charge in [-0.3, -0.25) is 9.59 Å². The number of carbonyl (C=O) groups is 3. The molecule has 0 bridgehead atoms. The molecule has 6 nitrogen and oxygen atoms in total. The lowest BCUT2D eigenvalue weighted by molar-refractivity contribution is -0.144. The molecule has 0 aliphatic rings. The number of esters is 2. The Morgan fingerprint density at radius 3 is 2.12 bits per heavy atom. The lowest BCUT2D eigenvalue weighted by Gasteiger charge is -2.16. The number of hydrogen-bond acceptors (Lipinski definition) is 5. The Labute approximate surface area is 135 Å². The molecule has 132 valence electrons. The zero-order valence-corrected chi connectivity index (χ0v) is 13.0. The Morgan fingerprint density at radius 1 is 1.08 bits per heavy atom. The van der Waals surface area contributed by atoms with Gasteiger partial charge in [0.2, 0.25) is 0 Å². The third-order valence-corrected chi connectivity index (χ3v) is 3.13. The molecule has 0 heterocycles. The van der Waals surface area contributed by atoms with Crippen molar-refractivity contribution in [2.24, 2.45) is 0 Å². The summed E-state index contributed by atoms with van der Waals surface area (Å²) in [4.78, 5) is 34.8. The van der Waals surface area contributed by atoms with Crippen molar-refractivity contribution in [2.75, 3.05) is 14.2 Å². The van der Waals surface area contributed by atoms with E-state index in [1.54, 1.807) is 0 Å². The van der Waals surface area contributed by atoms with E-state index >= 15 is 0 Å². The number of rotatable bonds is 6. The minimum absolute atomic E-state index is 0.0602. The molecule has 0 aliphatic heterocycles. The summed E-state index contributed by atoms with van der Waals surface area (Å²) in [5.74, 6) is -2.11. The van der Waals surface area contributed by atoms with Crippen LogP contribution in [-0.2, 0) is 25.2 Å². The molecule has 1 N–H and O–H groups in total. The van der Waals surface area contributed by atoms with Gasteiger partial charge in [-0.05, 0) is 30.7 Å². The monoisotopic (exact) mass is 347 g/mol. The number of benzene rings is 1. The van der Waals surface area contributed by atoms with Gasteiger partial charge in [-0.25, -0.2) is 4.79 Å². The van der Waals surface area contributed by atoms with Crippen LogP contribution in [0.5, 0.6) is 0 Å². The summed E-state index contributed by atoms with van der Waals surface area (Å²) in [5, 5.41) is 2.32. The van der Waals surface area contributed by atoms with E-state index < -0.39 is 35.6 Å². The molecule has 1 atom stereocenters. The van der Waals surface area contributed by atoms with Crippen molar-refractivity contribution < 1.29 is 37.0 Å². The van der Waals surface area contributed by atoms with Crippen molar-refractivity contribution >= 4 is 17.8 Å². The van der Waals surface area contributed by atoms with E-state index in [1.807, 2.05) is 0 Å². The molecule has 0 unspecified atom stereocenters. The van der Waals surface area contributed by atoms with Crippen molar-refractivity contribution in [1.82, 2.24) is 5.32 Å². The molecule has 24 heavy (non-hydrogen) atoms. The fraction of sp³-hybridized carbons (Fsp3) is 0.400. The summed E-state index contributed by atoms with van der Waals surface area (Å²) in [6, 6.07) is 2.39. The molecule has 0 saturated carbocycles. The first-order valence-corrected chi connectivity index (χ1v) is 6.81. The first-order valence-electron chi connectivity index (χ1n) is 6.81. The van der Waals surface area contributed by atoms with E-state index in [9.17, 15) is 27.6 Å². The second-order valence-electron chi connectivity index (χ2n) is 4.74.